The van der Waals surface area contributed by atoms with Gasteiger partial charge in [-0.3, -0.25) is 0 Å². The van der Waals surface area contributed by atoms with Crippen molar-refractivity contribution in [3.8, 4) is 5.75 Å². The summed E-state index contributed by atoms with van der Waals surface area (Å²) in [5.74, 6) is 0.802. The molecule has 0 saturated carbocycles. The number of ether oxygens (including phenoxy) is 1. The van der Waals surface area contributed by atoms with Gasteiger partial charge in [-0.05, 0) is 12.1 Å². The number of para-hydroxylation sites is 1. The molecule has 5 nitrogen and oxygen atoms in total. The Morgan fingerprint density at radius 3 is 2.14 bits per heavy atom. The first-order valence-electron chi connectivity index (χ1n) is 3.80. The zero-order chi connectivity index (χ0) is 10.8. The Bertz CT molecular complexity index is 247. The van der Waals surface area contributed by atoms with Gasteiger partial charge in [-0.2, -0.15) is 0 Å². The lowest BCUT2D eigenvalue weighted by Gasteiger charge is -2.01. The van der Waals surface area contributed by atoms with E-state index in [1.807, 2.05) is 30.3 Å². The zero-order valence-corrected chi connectivity index (χ0v) is 8.30. The molecular formula is C8H12O5P+. The molecule has 0 saturated heterocycles. The summed E-state index contributed by atoms with van der Waals surface area (Å²) in [6.07, 6.45) is 0. The van der Waals surface area contributed by atoms with Crippen LogP contribution in [0.5, 0.6) is 5.75 Å². The molecule has 0 aliphatic carbocycles. The average Bonchev–Trinajstić information content (AvgIpc) is 2.15. The van der Waals surface area contributed by atoms with Crippen LogP contribution in [0.1, 0.15) is 0 Å². The van der Waals surface area contributed by atoms with Crippen LogP contribution in [0, 0.1) is 0 Å². The standard InChI is InChI=1S/C8H10O2.HO3P/c9-6-7-10-8-4-2-1-3-5-8;1-4(2)3/h1-5,9H,6-7H2;(H-,1,2,3)/p+1. The van der Waals surface area contributed by atoms with Crippen LogP contribution in [0.15, 0.2) is 30.3 Å². The minimum absolute atomic E-state index is 0.0644. The molecule has 0 bridgehead atoms. The third-order valence-corrected chi connectivity index (χ3v) is 1.10. The van der Waals surface area contributed by atoms with Gasteiger partial charge in [-0.15, -0.1) is 9.79 Å². The van der Waals surface area contributed by atoms with Gasteiger partial charge in [0.2, 0.25) is 0 Å². The molecule has 1 rings (SSSR count). The normalized spacial score (nSPS) is 8.50. The molecule has 0 fully saturated rings. The average molecular weight is 219 g/mol. The molecule has 1 aromatic carbocycles. The van der Waals surface area contributed by atoms with Gasteiger partial charge in [0, 0.05) is 4.57 Å². The highest BCUT2D eigenvalue weighted by Crippen LogP contribution is 2.07. The predicted molar refractivity (Wildman–Crippen MR) is 51.1 cm³/mol. The summed E-state index contributed by atoms with van der Waals surface area (Å²) in [6.45, 7) is 0.429. The number of hydrogen-bond donors (Lipinski definition) is 3. The lowest BCUT2D eigenvalue weighted by molar-refractivity contribution is 0.201. The first-order chi connectivity index (χ1) is 6.66. The summed E-state index contributed by atoms with van der Waals surface area (Å²) in [5.41, 5.74) is 0. The molecule has 0 amide bonds. The molecular weight excluding hydrogens is 207 g/mol. The Balaban J connectivity index is 0.000000364. The maximum Gasteiger partial charge on any atom is 0.692 e. The highest BCUT2D eigenvalue weighted by molar-refractivity contribution is 7.30. The van der Waals surface area contributed by atoms with Crippen LogP contribution in [0.3, 0.4) is 0 Å². The molecule has 0 aliphatic heterocycles. The summed E-state index contributed by atoms with van der Waals surface area (Å²) in [5, 5.41) is 8.40. The van der Waals surface area contributed by atoms with Crippen LogP contribution in [0.4, 0.5) is 0 Å². The van der Waals surface area contributed by atoms with E-state index in [9.17, 15) is 0 Å². The molecule has 1 aromatic rings. The number of hydrogen-bond acceptors (Lipinski definition) is 3. The quantitative estimate of drug-likeness (QED) is 0.651. The molecule has 6 heteroatoms. The third kappa shape index (κ3) is 9.09. The molecule has 0 heterocycles. The van der Waals surface area contributed by atoms with Crippen molar-refractivity contribution < 1.29 is 24.2 Å². The molecule has 0 aromatic heterocycles. The van der Waals surface area contributed by atoms with E-state index in [-0.39, 0.29) is 6.61 Å². The summed E-state index contributed by atoms with van der Waals surface area (Å²) in [4.78, 5) is 14.2. The summed E-state index contributed by atoms with van der Waals surface area (Å²) in [7, 11) is -2.87. The van der Waals surface area contributed by atoms with Crippen molar-refractivity contribution in [2.45, 2.75) is 0 Å². The van der Waals surface area contributed by atoms with E-state index in [0.717, 1.165) is 5.75 Å². The van der Waals surface area contributed by atoms with Crippen LogP contribution in [0.25, 0.3) is 0 Å². The second-order valence-corrected chi connectivity index (χ2v) is 2.64. The molecule has 0 radical (unpaired) electrons. The highest BCUT2D eigenvalue weighted by Gasteiger charge is 1.93. The number of aliphatic hydroxyl groups excluding tert-OH is 1. The smallest absolute Gasteiger partial charge is 0.491 e. The molecule has 0 aliphatic rings. The second-order valence-electron chi connectivity index (χ2n) is 2.14. The molecule has 0 spiro atoms. The van der Waals surface area contributed by atoms with Crippen molar-refractivity contribution in [3.63, 3.8) is 0 Å². The minimum Gasteiger partial charge on any atom is -0.491 e. The Hall–Kier alpha value is -1.00. The van der Waals surface area contributed by atoms with E-state index in [1.165, 1.54) is 0 Å². The third-order valence-electron chi connectivity index (χ3n) is 1.10. The van der Waals surface area contributed by atoms with E-state index in [1.54, 1.807) is 0 Å². The van der Waals surface area contributed by atoms with Gasteiger partial charge in [-0.1, -0.05) is 18.2 Å². The van der Waals surface area contributed by atoms with E-state index in [0.29, 0.717) is 6.61 Å². The van der Waals surface area contributed by atoms with Crippen LogP contribution >= 0.6 is 8.25 Å². The first-order valence-corrected chi connectivity index (χ1v) is 4.97. The van der Waals surface area contributed by atoms with Crippen molar-refractivity contribution in [2.24, 2.45) is 0 Å². The molecule has 0 unspecified atom stereocenters. The fourth-order valence-electron chi connectivity index (χ4n) is 0.680. The van der Waals surface area contributed by atoms with E-state index < -0.39 is 8.25 Å². The van der Waals surface area contributed by atoms with E-state index >= 15 is 0 Å². The Kier molecular flexibility index (Phi) is 7.98. The maximum atomic E-state index is 8.70. The van der Waals surface area contributed by atoms with Gasteiger partial charge >= 0.3 is 8.25 Å². The largest absolute Gasteiger partial charge is 0.692 e. The number of aliphatic hydroxyl groups is 1. The lowest BCUT2D eigenvalue weighted by atomic mass is 10.3. The van der Waals surface area contributed by atoms with Crippen LogP contribution < -0.4 is 4.74 Å². The summed E-state index contributed by atoms with van der Waals surface area (Å²) < 4.78 is 13.8. The minimum atomic E-state index is -2.87. The van der Waals surface area contributed by atoms with Gasteiger partial charge in [-0.25, -0.2) is 0 Å². The summed E-state index contributed by atoms with van der Waals surface area (Å²) in [6, 6.07) is 9.43. The van der Waals surface area contributed by atoms with Gasteiger partial charge < -0.3 is 9.84 Å². The van der Waals surface area contributed by atoms with Crippen molar-refractivity contribution in [1.29, 1.82) is 0 Å². The number of benzene rings is 1. The summed E-state index contributed by atoms with van der Waals surface area (Å²) >= 11 is 0. The fourth-order valence-corrected chi connectivity index (χ4v) is 0.680. The van der Waals surface area contributed by atoms with Crippen LogP contribution in [0.2, 0.25) is 0 Å². The van der Waals surface area contributed by atoms with Gasteiger partial charge in [0.15, 0.2) is 0 Å². The van der Waals surface area contributed by atoms with Gasteiger partial charge in [0.25, 0.3) is 0 Å². The van der Waals surface area contributed by atoms with E-state index in [2.05, 4.69) is 0 Å². The lowest BCUT2D eigenvalue weighted by Crippen LogP contribution is -2.00. The molecule has 0 atom stereocenters. The van der Waals surface area contributed by atoms with Gasteiger partial charge in [0.05, 0.1) is 6.61 Å². The van der Waals surface area contributed by atoms with Crippen molar-refractivity contribution >= 4 is 8.25 Å². The van der Waals surface area contributed by atoms with E-state index in [4.69, 9.17) is 24.2 Å². The maximum absolute atomic E-state index is 8.70. The molecule has 3 N–H and O–H groups in total. The monoisotopic (exact) mass is 219 g/mol. The Morgan fingerprint density at radius 2 is 1.71 bits per heavy atom. The Labute approximate surface area is 82.5 Å². The SMILES string of the molecule is O=[P+](O)O.OCCOc1ccccc1. The molecule has 78 valence electrons. The predicted octanol–water partition coefficient (Wildman–Crippen LogP) is 0.686. The van der Waals surface area contributed by atoms with Crippen molar-refractivity contribution in [2.75, 3.05) is 13.2 Å². The van der Waals surface area contributed by atoms with Gasteiger partial charge in [0.1, 0.15) is 12.4 Å². The number of rotatable bonds is 3. The highest BCUT2D eigenvalue weighted by atomic mass is 31.1. The second kappa shape index (κ2) is 8.59. The topological polar surface area (TPSA) is 87.0 Å². The molecule has 14 heavy (non-hydrogen) atoms. The van der Waals surface area contributed by atoms with Crippen LogP contribution in [-0.2, 0) is 4.57 Å². The Morgan fingerprint density at radius 1 is 1.21 bits per heavy atom. The van der Waals surface area contributed by atoms with Crippen molar-refractivity contribution in [1.82, 2.24) is 0 Å². The van der Waals surface area contributed by atoms with Crippen molar-refractivity contribution in [3.05, 3.63) is 30.3 Å². The fraction of sp³-hybridized carbons (Fsp3) is 0.250. The van der Waals surface area contributed by atoms with Crippen LogP contribution in [-0.4, -0.2) is 28.1 Å². The first kappa shape index (κ1) is 13.0. The zero-order valence-electron chi connectivity index (χ0n) is 7.41.